The lowest BCUT2D eigenvalue weighted by Gasteiger charge is -2.46. The number of hydrogen-bond acceptors (Lipinski definition) is 7. The van der Waals surface area contributed by atoms with Crippen molar-refractivity contribution in [2.45, 2.75) is 69.5 Å². The number of rotatable bonds is 8. The molecule has 3 N–H and O–H groups in total. The van der Waals surface area contributed by atoms with Crippen molar-refractivity contribution in [3.8, 4) is 11.5 Å². The number of amides is 4. The first-order valence-electron chi connectivity index (χ1n) is 15.4. The van der Waals surface area contributed by atoms with Gasteiger partial charge in [0.05, 0.1) is 28.3 Å². The summed E-state index contributed by atoms with van der Waals surface area (Å²) in [5.74, 6) is 1.25. The second kappa shape index (κ2) is 12.5. The van der Waals surface area contributed by atoms with Gasteiger partial charge in [0.1, 0.15) is 11.5 Å². The zero-order chi connectivity index (χ0) is 31.0. The molecule has 11 heteroatoms. The zero-order valence-electron chi connectivity index (χ0n) is 25.7. The number of benzene rings is 2. The summed E-state index contributed by atoms with van der Waals surface area (Å²) in [6.07, 6.45) is 2.68. The molecule has 2 aromatic rings. The second-order valence-corrected chi connectivity index (χ2v) is 13.7. The van der Waals surface area contributed by atoms with Crippen LogP contribution in [0.1, 0.15) is 45.1 Å². The predicted octanol–water partition coefficient (Wildman–Crippen LogP) is 4.50. The number of carbonyl (C=O) groups is 3. The van der Waals surface area contributed by atoms with Gasteiger partial charge < -0.3 is 30.3 Å². The van der Waals surface area contributed by atoms with Crippen molar-refractivity contribution < 1.29 is 23.9 Å². The summed E-state index contributed by atoms with van der Waals surface area (Å²) in [5.41, 5.74) is 1.93. The van der Waals surface area contributed by atoms with Gasteiger partial charge in [-0.2, -0.15) is 0 Å². The number of urea groups is 1. The molecule has 0 bridgehead atoms. The van der Waals surface area contributed by atoms with Crippen LogP contribution < -0.4 is 25.6 Å². The Kier molecular flexibility index (Phi) is 8.63. The lowest BCUT2D eigenvalue weighted by Crippen LogP contribution is -2.62. The van der Waals surface area contributed by atoms with Gasteiger partial charge in [-0.05, 0) is 82.5 Å². The maximum Gasteiger partial charge on any atom is 0.326 e. The third-order valence-electron chi connectivity index (χ3n) is 8.99. The van der Waals surface area contributed by atoms with Crippen LogP contribution in [0.15, 0.2) is 59.1 Å². The Morgan fingerprint density at radius 3 is 2.66 bits per heavy atom. The van der Waals surface area contributed by atoms with E-state index in [0.717, 1.165) is 42.8 Å². The van der Waals surface area contributed by atoms with Crippen LogP contribution >= 0.6 is 11.8 Å². The summed E-state index contributed by atoms with van der Waals surface area (Å²) in [6, 6.07) is 14.9. The molecule has 4 atom stereocenters. The third-order valence-corrected chi connectivity index (χ3v) is 10.3. The van der Waals surface area contributed by atoms with Gasteiger partial charge >= 0.3 is 6.03 Å². The molecule has 4 aliphatic heterocycles. The minimum absolute atomic E-state index is 0.0192. The molecule has 44 heavy (non-hydrogen) atoms. The molecule has 234 valence electrons. The summed E-state index contributed by atoms with van der Waals surface area (Å²) in [4.78, 5) is 44.6. The zero-order valence-corrected chi connectivity index (χ0v) is 26.5. The average molecular weight is 620 g/mol. The number of carbonyl (C=O) groups excluding carboxylic acids is 3. The largest absolute Gasteiger partial charge is 0.457 e. The van der Waals surface area contributed by atoms with Crippen molar-refractivity contribution in [3.63, 3.8) is 0 Å². The average Bonchev–Trinajstić information content (AvgIpc) is 3.38. The highest BCUT2D eigenvalue weighted by Crippen LogP contribution is 2.48. The first-order chi connectivity index (χ1) is 21.1. The minimum atomic E-state index is -0.538. The Labute approximate surface area is 262 Å². The quantitative estimate of drug-likeness (QED) is 0.399. The highest BCUT2D eigenvalue weighted by molar-refractivity contribution is 8.04. The summed E-state index contributed by atoms with van der Waals surface area (Å²) >= 11 is 1.49. The van der Waals surface area contributed by atoms with E-state index >= 15 is 0 Å². The fourth-order valence-electron chi connectivity index (χ4n) is 6.61. The molecule has 0 aromatic heterocycles. The Morgan fingerprint density at radius 2 is 1.91 bits per heavy atom. The van der Waals surface area contributed by atoms with Crippen LogP contribution in [0.4, 0.5) is 10.5 Å². The van der Waals surface area contributed by atoms with Crippen molar-refractivity contribution in [1.29, 1.82) is 0 Å². The lowest BCUT2D eigenvalue weighted by molar-refractivity contribution is -0.138. The molecule has 3 unspecified atom stereocenters. The summed E-state index contributed by atoms with van der Waals surface area (Å²) in [5, 5.41) is 9.82. The molecule has 4 aliphatic rings. The standard InChI is InChI=1S/C33H41N5O5S/c1-20-17-23(43-22-10-6-5-7-11-22)12-13-24(20)38-25-14-15-34-31-27(25)28(36-32(38)41)29(44-31)30(40)35-21-9-8-16-37(19-21)26(39)18-33(2,3)42-4/h5-7,10-13,17,21,25,27,31,34H,8-9,14-16,18-19H2,1-4H3,(H,35,40)(H,36,41)/t21-,25?,27?,31?/m1/s1. The molecule has 3 saturated heterocycles. The molecule has 0 spiro atoms. The van der Waals surface area contributed by atoms with Gasteiger partial charge in [0.15, 0.2) is 0 Å². The number of nitrogens with one attached hydrogen (secondary N) is 3. The molecule has 6 rings (SSSR count). The van der Waals surface area contributed by atoms with E-state index in [2.05, 4.69) is 16.0 Å². The van der Waals surface area contributed by atoms with Crippen LogP contribution in [-0.4, -0.2) is 72.5 Å². The number of thioether (sulfide) groups is 1. The molecule has 0 radical (unpaired) electrons. The van der Waals surface area contributed by atoms with Crippen molar-refractivity contribution in [2.24, 2.45) is 5.92 Å². The van der Waals surface area contributed by atoms with Gasteiger partial charge in [-0.3, -0.25) is 14.5 Å². The predicted molar refractivity (Wildman–Crippen MR) is 170 cm³/mol. The van der Waals surface area contributed by atoms with Crippen LogP contribution in [0.25, 0.3) is 0 Å². The van der Waals surface area contributed by atoms with E-state index in [9.17, 15) is 14.4 Å². The van der Waals surface area contributed by atoms with Crippen molar-refractivity contribution in [2.75, 3.05) is 31.6 Å². The highest BCUT2D eigenvalue weighted by atomic mass is 32.2. The van der Waals surface area contributed by atoms with Crippen LogP contribution in [0, 0.1) is 12.8 Å². The van der Waals surface area contributed by atoms with Crippen LogP contribution in [0.2, 0.25) is 0 Å². The number of nitrogens with zero attached hydrogens (tertiary/aromatic N) is 2. The molecule has 3 fully saturated rings. The molecule has 4 amide bonds. The van der Waals surface area contributed by atoms with Gasteiger partial charge in [0.2, 0.25) is 5.91 Å². The Morgan fingerprint density at radius 1 is 1.11 bits per heavy atom. The maximum atomic E-state index is 13.7. The topological polar surface area (TPSA) is 112 Å². The number of ether oxygens (including phenoxy) is 2. The first-order valence-corrected chi connectivity index (χ1v) is 16.2. The van der Waals surface area contributed by atoms with Gasteiger partial charge in [0, 0.05) is 43.5 Å². The summed E-state index contributed by atoms with van der Waals surface area (Å²) < 4.78 is 11.5. The minimum Gasteiger partial charge on any atom is -0.457 e. The number of anilines is 1. The summed E-state index contributed by atoms with van der Waals surface area (Å²) in [6.45, 7) is 7.67. The number of aryl methyl sites for hydroxylation is 1. The molecular weight excluding hydrogens is 578 g/mol. The molecule has 0 saturated carbocycles. The number of methoxy groups -OCH3 is 1. The fraction of sp³-hybridized carbons (Fsp3) is 0.485. The van der Waals surface area contributed by atoms with E-state index < -0.39 is 5.60 Å². The van der Waals surface area contributed by atoms with Crippen molar-refractivity contribution >= 4 is 35.3 Å². The van der Waals surface area contributed by atoms with Crippen molar-refractivity contribution in [1.82, 2.24) is 20.9 Å². The first kappa shape index (κ1) is 30.5. The molecule has 2 aromatic carbocycles. The Hall–Kier alpha value is -3.54. The monoisotopic (exact) mass is 619 g/mol. The Balaban J connectivity index is 1.17. The number of hydrogen-bond donors (Lipinski definition) is 3. The maximum absolute atomic E-state index is 13.7. The third kappa shape index (κ3) is 6.18. The molecule has 4 heterocycles. The second-order valence-electron chi connectivity index (χ2n) is 12.6. The smallest absolute Gasteiger partial charge is 0.326 e. The van der Waals surface area contributed by atoms with Crippen molar-refractivity contribution in [3.05, 3.63) is 64.7 Å². The van der Waals surface area contributed by atoms with Crippen LogP contribution in [0.3, 0.4) is 0 Å². The molecule has 0 aliphatic carbocycles. The summed E-state index contributed by atoms with van der Waals surface area (Å²) in [7, 11) is 1.61. The van der Waals surface area contributed by atoms with E-state index in [0.29, 0.717) is 29.4 Å². The molecule has 10 nitrogen and oxygen atoms in total. The number of para-hydroxylation sites is 1. The van der Waals surface area contributed by atoms with Gasteiger partial charge in [-0.15, -0.1) is 0 Å². The number of piperidine rings is 2. The highest BCUT2D eigenvalue weighted by Gasteiger charge is 2.52. The van der Waals surface area contributed by atoms with E-state index in [1.165, 1.54) is 11.8 Å². The van der Waals surface area contributed by atoms with E-state index in [1.807, 2.05) is 79.1 Å². The van der Waals surface area contributed by atoms with Crippen LogP contribution in [-0.2, 0) is 14.3 Å². The van der Waals surface area contributed by atoms with E-state index in [1.54, 1.807) is 7.11 Å². The van der Waals surface area contributed by atoms with E-state index in [-0.39, 0.29) is 47.6 Å². The fourth-order valence-corrected chi connectivity index (χ4v) is 8.01. The van der Waals surface area contributed by atoms with E-state index in [4.69, 9.17) is 9.47 Å². The SMILES string of the molecule is COC(C)(C)CC(=O)N1CCC[C@@H](NC(=O)C2=C3NC(=O)N(c4ccc(Oc5ccccc5)cc4C)C4CCNC(S2)C34)C1. The lowest BCUT2D eigenvalue weighted by atomic mass is 9.86. The normalized spacial score (nSPS) is 25.0. The Bertz CT molecular complexity index is 1460. The van der Waals surface area contributed by atoms with Gasteiger partial charge in [-0.1, -0.05) is 30.0 Å². The molecular formula is C33H41N5O5S. The van der Waals surface area contributed by atoms with Gasteiger partial charge in [-0.25, -0.2) is 4.79 Å². The number of likely N-dealkylation sites (tertiary alicyclic amines) is 1. The van der Waals surface area contributed by atoms with Gasteiger partial charge in [0.25, 0.3) is 5.91 Å². The van der Waals surface area contributed by atoms with Crippen LogP contribution in [0.5, 0.6) is 11.5 Å².